The molecule has 0 radical (unpaired) electrons. The Balaban J connectivity index is 1.73. The Morgan fingerprint density at radius 1 is 0.867 bits per heavy atom. The molecule has 30 heavy (non-hydrogen) atoms. The molecule has 1 aliphatic carbocycles. The minimum absolute atomic E-state index is 0.0546. The monoisotopic (exact) mass is 407 g/mol. The minimum atomic E-state index is -0.260. The van der Waals surface area contributed by atoms with E-state index in [1.165, 1.54) is 0 Å². The summed E-state index contributed by atoms with van der Waals surface area (Å²) in [7, 11) is 4.83. The largest absolute Gasteiger partial charge is 0.497 e. The first-order chi connectivity index (χ1) is 14.5. The molecule has 1 aliphatic heterocycles. The van der Waals surface area contributed by atoms with Crippen LogP contribution in [0.3, 0.4) is 0 Å². The first-order valence-corrected chi connectivity index (χ1v) is 9.96. The molecule has 2 aromatic rings. The fourth-order valence-corrected chi connectivity index (χ4v) is 4.48. The number of carbonyl (C=O) groups is 2. The molecule has 2 atom stereocenters. The summed E-state index contributed by atoms with van der Waals surface area (Å²) < 4.78 is 16.2. The van der Waals surface area contributed by atoms with Crippen molar-refractivity contribution in [2.45, 2.75) is 31.1 Å². The van der Waals surface area contributed by atoms with E-state index in [2.05, 4.69) is 5.32 Å². The van der Waals surface area contributed by atoms with Crippen molar-refractivity contribution >= 4 is 11.7 Å². The van der Waals surface area contributed by atoms with Crippen LogP contribution >= 0.6 is 0 Å². The van der Waals surface area contributed by atoms with Gasteiger partial charge in [0.2, 0.25) is 5.91 Å². The van der Waals surface area contributed by atoms with Crippen molar-refractivity contribution in [3.8, 4) is 17.2 Å². The highest BCUT2D eigenvalue weighted by Gasteiger charge is 2.39. The molecule has 0 fully saturated rings. The van der Waals surface area contributed by atoms with E-state index in [0.29, 0.717) is 41.4 Å². The zero-order valence-corrected chi connectivity index (χ0v) is 17.4. The van der Waals surface area contributed by atoms with Gasteiger partial charge in [0.25, 0.3) is 0 Å². The third-order valence-corrected chi connectivity index (χ3v) is 5.91. The fourth-order valence-electron chi connectivity index (χ4n) is 4.48. The highest BCUT2D eigenvalue weighted by Crippen LogP contribution is 2.45. The van der Waals surface area contributed by atoms with Crippen LogP contribution in [0.1, 0.15) is 42.2 Å². The van der Waals surface area contributed by atoms with Crippen molar-refractivity contribution in [2.24, 2.45) is 0 Å². The van der Waals surface area contributed by atoms with Crippen LogP contribution in [-0.2, 0) is 9.59 Å². The van der Waals surface area contributed by atoms with Gasteiger partial charge in [-0.15, -0.1) is 0 Å². The molecule has 6 nitrogen and oxygen atoms in total. The molecule has 2 aromatic carbocycles. The minimum Gasteiger partial charge on any atom is -0.497 e. The Morgan fingerprint density at radius 3 is 2.37 bits per heavy atom. The van der Waals surface area contributed by atoms with Gasteiger partial charge in [0.1, 0.15) is 17.2 Å². The molecule has 0 saturated heterocycles. The van der Waals surface area contributed by atoms with Crippen LogP contribution in [0, 0.1) is 0 Å². The Hall–Kier alpha value is -3.28. The standard InChI is InChI=1S/C24H25NO5/c1-28-16-6-4-5-14(9-16)19-13-23(27)25-20-10-15(11-21(26)24(19)20)18-12-17(29-2)7-8-22(18)30-3/h4-9,12,15,19H,10-11,13H2,1-3H3,(H,25,27). The number of methoxy groups -OCH3 is 3. The zero-order valence-electron chi connectivity index (χ0n) is 17.4. The molecule has 0 bridgehead atoms. The third-order valence-electron chi connectivity index (χ3n) is 5.91. The van der Waals surface area contributed by atoms with E-state index in [-0.39, 0.29) is 29.9 Å². The number of allylic oxidation sites excluding steroid dienone is 2. The second-order valence-corrected chi connectivity index (χ2v) is 7.61. The number of hydrogen-bond donors (Lipinski definition) is 1. The van der Waals surface area contributed by atoms with Crippen molar-refractivity contribution in [3.63, 3.8) is 0 Å². The summed E-state index contributed by atoms with van der Waals surface area (Å²) in [6, 6.07) is 13.2. The maximum absolute atomic E-state index is 13.3. The number of ether oxygens (including phenoxy) is 3. The maximum Gasteiger partial charge on any atom is 0.225 e. The van der Waals surface area contributed by atoms with E-state index in [0.717, 1.165) is 11.1 Å². The van der Waals surface area contributed by atoms with Gasteiger partial charge >= 0.3 is 0 Å². The lowest BCUT2D eigenvalue weighted by atomic mass is 9.73. The van der Waals surface area contributed by atoms with Crippen LogP contribution in [0.4, 0.5) is 0 Å². The van der Waals surface area contributed by atoms with Gasteiger partial charge in [-0.25, -0.2) is 0 Å². The maximum atomic E-state index is 13.3. The highest BCUT2D eigenvalue weighted by molar-refractivity contribution is 6.02. The van der Waals surface area contributed by atoms with Crippen molar-refractivity contribution in [2.75, 3.05) is 21.3 Å². The lowest BCUT2D eigenvalue weighted by molar-refractivity contribution is -0.122. The first kappa shape index (κ1) is 20.0. The summed E-state index contributed by atoms with van der Waals surface area (Å²) in [6.07, 6.45) is 1.18. The van der Waals surface area contributed by atoms with Crippen LogP contribution in [0.15, 0.2) is 53.7 Å². The molecule has 0 aromatic heterocycles. The summed E-state index contributed by atoms with van der Waals surface area (Å²) >= 11 is 0. The molecule has 0 saturated carbocycles. The van der Waals surface area contributed by atoms with Crippen molar-refractivity contribution in [3.05, 3.63) is 64.9 Å². The smallest absolute Gasteiger partial charge is 0.225 e. The molecular formula is C24H25NO5. The van der Waals surface area contributed by atoms with Gasteiger partial charge in [-0.3, -0.25) is 9.59 Å². The van der Waals surface area contributed by atoms with Gasteiger partial charge in [-0.1, -0.05) is 12.1 Å². The average molecular weight is 407 g/mol. The van der Waals surface area contributed by atoms with E-state index < -0.39 is 0 Å². The van der Waals surface area contributed by atoms with Gasteiger partial charge in [-0.05, 0) is 42.3 Å². The molecule has 4 rings (SSSR count). The van der Waals surface area contributed by atoms with Crippen molar-refractivity contribution in [1.82, 2.24) is 5.32 Å². The SMILES string of the molecule is COc1cccc(C2CC(=O)NC3=C2C(=O)CC(c2cc(OC)ccc2OC)C3)c1. The Morgan fingerprint density at radius 2 is 1.63 bits per heavy atom. The molecular weight excluding hydrogens is 382 g/mol. The van der Waals surface area contributed by atoms with Crippen LogP contribution in [-0.4, -0.2) is 33.0 Å². The number of ketones is 1. The van der Waals surface area contributed by atoms with Gasteiger partial charge in [0.05, 0.1) is 21.3 Å². The first-order valence-electron chi connectivity index (χ1n) is 9.96. The van der Waals surface area contributed by atoms with Gasteiger partial charge < -0.3 is 19.5 Å². The zero-order chi connectivity index (χ0) is 21.3. The molecule has 6 heteroatoms. The molecule has 1 N–H and O–H groups in total. The normalized spacial score (nSPS) is 21.0. The Kier molecular flexibility index (Phi) is 5.48. The third kappa shape index (κ3) is 3.65. The molecule has 1 amide bonds. The van der Waals surface area contributed by atoms with Gasteiger partial charge in [-0.2, -0.15) is 0 Å². The van der Waals surface area contributed by atoms with E-state index >= 15 is 0 Å². The average Bonchev–Trinajstić information content (AvgIpc) is 2.77. The second kappa shape index (κ2) is 8.22. The fraction of sp³-hybridized carbons (Fsp3) is 0.333. The van der Waals surface area contributed by atoms with E-state index in [4.69, 9.17) is 14.2 Å². The van der Waals surface area contributed by atoms with Crippen molar-refractivity contribution in [1.29, 1.82) is 0 Å². The molecule has 2 aliphatic rings. The quantitative estimate of drug-likeness (QED) is 0.818. The van der Waals surface area contributed by atoms with E-state index in [1.54, 1.807) is 21.3 Å². The van der Waals surface area contributed by atoms with Gasteiger partial charge in [0, 0.05) is 41.5 Å². The number of nitrogens with one attached hydrogen (secondary N) is 1. The molecule has 2 unspecified atom stereocenters. The molecule has 1 heterocycles. The van der Waals surface area contributed by atoms with Gasteiger partial charge in [0.15, 0.2) is 5.78 Å². The molecule has 0 spiro atoms. The number of benzene rings is 2. The Labute approximate surface area is 175 Å². The number of rotatable bonds is 5. The summed E-state index contributed by atoms with van der Waals surface area (Å²) in [5, 5.41) is 2.96. The number of hydrogen-bond acceptors (Lipinski definition) is 5. The Bertz CT molecular complexity index is 1030. The topological polar surface area (TPSA) is 73.9 Å². The summed E-state index contributed by atoms with van der Waals surface area (Å²) in [5.41, 5.74) is 3.25. The summed E-state index contributed by atoms with van der Waals surface area (Å²) in [4.78, 5) is 25.8. The van der Waals surface area contributed by atoms with Crippen molar-refractivity contribution < 1.29 is 23.8 Å². The molecule has 156 valence electrons. The summed E-state index contributed by atoms with van der Waals surface area (Å²) in [5.74, 6) is 1.76. The van der Waals surface area contributed by atoms with Crippen LogP contribution in [0.5, 0.6) is 17.2 Å². The van der Waals surface area contributed by atoms with Crippen LogP contribution in [0.2, 0.25) is 0 Å². The van der Waals surface area contributed by atoms with Crippen LogP contribution < -0.4 is 19.5 Å². The second-order valence-electron chi connectivity index (χ2n) is 7.61. The lowest BCUT2D eigenvalue weighted by Crippen LogP contribution is -2.38. The highest BCUT2D eigenvalue weighted by atomic mass is 16.5. The van der Waals surface area contributed by atoms with E-state index in [9.17, 15) is 9.59 Å². The predicted octanol–water partition coefficient (Wildman–Crippen LogP) is 3.72. The number of Topliss-reactive ketones (excluding diaryl/α,β-unsaturated/α-hetero) is 1. The summed E-state index contributed by atoms with van der Waals surface area (Å²) in [6.45, 7) is 0. The number of amides is 1. The lowest BCUT2D eigenvalue weighted by Gasteiger charge is -2.35. The van der Waals surface area contributed by atoms with E-state index in [1.807, 2.05) is 42.5 Å². The predicted molar refractivity (Wildman–Crippen MR) is 112 cm³/mol. The number of carbonyl (C=O) groups excluding carboxylic acids is 2. The van der Waals surface area contributed by atoms with Crippen LogP contribution in [0.25, 0.3) is 0 Å².